The Balaban J connectivity index is 2.07. The molecule has 0 saturated carbocycles. The van der Waals surface area contributed by atoms with Gasteiger partial charge >= 0.3 is 0 Å². The standard InChI is InChI=1S/C21H25NO7/c1-25-11-14-19(12-6-7-16(26-2)15(23)8-12)22(21(14)24)13-9-17(27-3)20(29-5)18(10-13)28-4/h6-10,14,19,23H,11H2,1-5H3/t14-,19-/m0/s1. The molecule has 0 unspecified atom stereocenters. The van der Waals surface area contributed by atoms with Gasteiger partial charge in [-0.05, 0) is 17.7 Å². The van der Waals surface area contributed by atoms with Gasteiger partial charge in [0.1, 0.15) is 0 Å². The summed E-state index contributed by atoms with van der Waals surface area (Å²) >= 11 is 0. The van der Waals surface area contributed by atoms with Crippen LogP contribution in [0.4, 0.5) is 5.69 Å². The zero-order valence-electron chi connectivity index (χ0n) is 17.1. The fourth-order valence-electron chi connectivity index (χ4n) is 3.66. The molecule has 1 heterocycles. The van der Waals surface area contributed by atoms with Gasteiger partial charge in [-0.25, -0.2) is 0 Å². The van der Waals surface area contributed by atoms with Crippen LogP contribution in [-0.4, -0.2) is 53.2 Å². The van der Waals surface area contributed by atoms with E-state index in [1.54, 1.807) is 36.3 Å². The van der Waals surface area contributed by atoms with Crippen LogP contribution in [0, 0.1) is 5.92 Å². The molecule has 2 aromatic carbocycles. The number of anilines is 1. The Hall–Kier alpha value is -3.13. The molecule has 2 atom stereocenters. The van der Waals surface area contributed by atoms with Gasteiger partial charge in [0.2, 0.25) is 11.7 Å². The van der Waals surface area contributed by atoms with E-state index in [0.717, 1.165) is 5.56 Å². The van der Waals surface area contributed by atoms with Crippen molar-refractivity contribution in [2.24, 2.45) is 5.92 Å². The number of hydrogen-bond acceptors (Lipinski definition) is 7. The molecule has 3 rings (SSSR count). The fraction of sp³-hybridized carbons (Fsp3) is 0.381. The number of rotatable bonds is 8. The third-order valence-electron chi connectivity index (χ3n) is 5.03. The zero-order chi connectivity index (χ0) is 21.1. The van der Waals surface area contributed by atoms with E-state index in [0.29, 0.717) is 28.7 Å². The summed E-state index contributed by atoms with van der Waals surface area (Å²) in [6.45, 7) is 0.261. The molecule has 8 nitrogen and oxygen atoms in total. The van der Waals surface area contributed by atoms with Gasteiger partial charge in [0.05, 0.1) is 52.7 Å². The highest BCUT2D eigenvalue weighted by Crippen LogP contribution is 2.49. The predicted molar refractivity (Wildman–Crippen MR) is 106 cm³/mol. The van der Waals surface area contributed by atoms with Crippen LogP contribution < -0.4 is 23.8 Å². The molecule has 156 valence electrons. The van der Waals surface area contributed by atoms with Crippen molar-refractivity contribution in [2.75, 3.05) is 47.1 Å². The second-order valence-corrected chi connectivity index (χ2v) is 6.53. The number of methoxy groups -OCH3 is 5. The topological polar surface area (TPSA) is 86.7 Å². The molecular formula is C21H25NO7. The summed E-state index contributed by atoms with van der Waals surface area (Å²) in [5.74, 6) is 1.22. The van der Waals surface area contributed by atoms with Crippen LogP contribution in [0.1, 0.15) is 11.6 Å². The number of phenols is 1. The second kappa shape index (κ2) is 8.48. The number of hydrogen-bond donors (Lipinski definition) is 1. The van der Waals surface area contributed by atoms with Gasteiger partial charge in [-0.15, -0.1) is 0 Å². The maximum Gasteiger partial charge on any atom is 0.235 e. The molecule has 29 heavy (non-hydrogen) atoms. The third-order valence-corrected chi connectivity index (χ3v) is 5.03. The quantitative estimate of drug-likeness (QED) is 0.678. The Morgan fingerprint density at radius 1 is 0.897 bits per heavy atom. The highest BCUT2D eigenvalue weighted by atomic mass is 16.5. The molecule has 2 aromatic rings. The molecule has 1 amide bonds. The zero-order valence-corrected chi connectivity index (χ0v) is 17.1. The lowest BCUT2D eigenvalue weighted by Crippen LogP contribution is -2.56. The van der Waals surface area contributed by atoms with E-state index in [2.05, 4.69) is 0 Å². The minimum atomic E-state index is -0.383. The lowest BCUT2D eigenvalue weighted by molar-refractivity contribution is -0.132. The van der Waals surface area contributed by atoms with E-state index in [-0.39, 0.29) is 30.2 Å². The van der Waals surface area contributed by atoms with Crippen LogP contribution in [0.3, 0.4) is 0 Å². The molecule has 0 aliphatic carbocycles. The normalized spacial score (nSPS) is 18.2. The largest absolute Gasteiger partial charge is 0.504 e. The van der Waals surface area contributed by atoms with Gasteiger partial charge in [0, 0.05) is 19.2 Å². The van der Waals surface area contributed by atoms with Crippen molar-refractivity contribution < 1.29 is 33.6 Å². The van der Waals surface area contributed by atoms with Crippen LogP contribution >= 0.6 is 0 Å². The van der Waals surface area contributed by atoms with Crippen molar-refractivity contribution in [3.05, 3.63) is 35.9 Å². The summed E-state index contributed by atoms with van der Waals surface area (Å²) in [5, 5.41) is 10.2. The number of β-lactam (4-membered cyclic amide) rings is 1. The summed E-state index contributed by atoms with van der Waals surface area (Å²) in [6, 6.07) is 8.21. The Morgan fingerprint density at radius 2 is 1.52 bits per heavy atom. The first kappa shape index (κ1) is 20.6. The number of benzene rings is 2. The van der Waals surface area contributed by atoms with E-state index in [9.17, 15) is 9.90 Å². The molecule has 0 radical (unpaired) electrons. The average Bonchev–Trinajstić information content (AvgIpc) is 2.74. The Morgan fingerprint density at radius 3 is 2.00 bits per heavy atom. The number of phenolic OH excluding ortho intramolecular Hbond substituents is 1. The summed E-state index contributed by atoms with van der Waals surface area (Å²) in [7, 11) is 7.60. The van der Waals surface area contributed by atoms with E-state index in [1.165, 1.54) is 28.4 Å². The van der Waals surface area contributed by atoms with Crippen molar-refractivity contribution in [3.8, 4) is 28.7 Å². The van der Waals surface area contributed by atoms with Crippen molar-refractivity contribution in [2.45, 2.75) is 6.04 Å². The number of nitrogens with zero attached hydrogens (tertiary/aromatic N) is 1. The van der Waals surface area contributed by atoms with E-state index in [4.69, 9.17) is 23.7 Å². The maximum atomic E-state index is 12.9. The van der Waals surface area contributed by atoms with E-state index in [1.807, 2.05) is 6.07 Å². The van der Waals surface area contributed by atoms with E-state index >= 15 is 0 Å². The molecular weight excluding hydrogens is 378 g/mol. The summed E-state index contributed by atoms with van der Waals surface area (Å²) in [4.78, 5) is 14.6. The molecule has 1 saturated heterocycles. The predicted octanol–water partition coefficient (Wildman–Crippen LogP) is 2.78. The maximum absolute atomic E-state index is 12.9. The van der Waals surface area contributed by atoms with Crippen LogP contribution in [0.2, 0.25) is 0 Å². The molecule has 1 aliphatic rings. The van der Waals surface area contributed by atoms with Gasteiger partial charge in [-0.3, -0.25) is 4.79 Å². The van der Waals surface area contributed by atoms with Gasteiger partial charge in [-0.1, -0.05) is 6.07 Å². The Kier molecular flexibility index (Phi) is 6.03. The van der Waals surface area contributed by atoms with Crippen molar-refractivity contribution in [3.63, 3.8) is 0 Å². The smallest absolute Gasteiger partial charge is 0.235 e. The first-order valence-electron chi connectivity index (χ1n) is 8.99. The van der Waals surface area contributed by atoms with Crippen molar-refractivity contribution in [1.29, 1.82) is 0 Å². The van der Waals surface area contributed by atoms with Crippen LogP contribution in [0.25, 0.3) is 0 Å². The van der Waals surface area contributed by atoms with Crippen molar-refractivity contribution >= 4 is 11.6 Å². The Bertz CT molecular complexity index is 874. The lowest BCUT2D eigenvalue weighted by atomic mass is 9.82. The lowest BCUT2D eigenvalue weighted by Gasteiger charge is -2.47. The minimum absolute atomic E-state index is 0.00496. The molecule has 0 aromatic heterocycles. The number of amides is 1. The van der Waals surface area contributed by atoms with Gasteiger partial charge in [0.15, 0.2) is 23.0 Å². The SMILES string of the molecule is COC[C@@H]1C(=O)N(c2cc(OC)c(OC)c(OC)c2)[C@H]1c1ccc(OC)c(O)c1. The van der Waals surface area contributed by atoms with E-state index < -0.39 is 0 Å². The first-order valence-corrected chi connectivity index (χ1v) is 8.99. The second-order valence-electron chi connectivity index (χ2n) is 6.53. The summed E-state index contributed by atoms with van der Waals surface area (Å²) in [6.07, 6.45) is 0. The van der Waals surface area contributed by atoms with Gasteiger partial charge < -0.3 is 33.7 Å². The molecule has 1 aliphatic heterocycles. The monoisotopic (exact) mass is 403 g/mol. The molecule has 8 heteroatoms. The highest BCUT2D eigenvalue weighted by molar-refractivity contribution is 6.04. The number of carbonyl (C=O) groups is 1. The highest BCUT2D eigenvalue weighted by Gasteiger charge is 2.49. The number of aromatic hydroxyl groups is 1. The molecule has 1 fully saturated rings. The van der Waals surface area contributed by atoms with Gasteiger partial charge in [0.25, 0.3) is 0 Å². The Labute approximate surface area is 169 Å². The summed E-state index contributed by atoms with van der Waals surface area (Å²) < 4.78 is 26.6. The van der Waals surface area contributed by atoms with Crippen LogP contribution in [0.5, 0.6) is 28.7 Å². The van der Waals surface area contributed by atoms with Crippen molar-refractivity contribution in [1.82, 2.24) is 0 Å². The molecule has 0 spiro atoms. The van der Waals surface area contributed by atoms with Crippen LogP contribution in [-0.2, 0) is 9.53 Å². The molecule has 0 bridgehead atoms. The summed E-state index contributed by atoms with van der Waals surface area (Å²) in [5.41, 5.74) is 1.36. The fourth-order valence-corrected chi connectivity index (χ4v) is 3.66. The van der Waals surface area contributed by atoms with Crippen LogP contribution in [0.15, 0.2) is 30.3 Å². The minimum Gasteiger partial charge on any atom is -0.504 e. The average molecular weight is 403 g/mol. The van der Waals surface area contributed by atoms with Gasteiger partial charge in [-0.2, -0.15) is 0 Å². The third kappa shape index (κ3) is 3.51. The number of ether oxygens (including phenoxy) is 5. The first-order chi connectivity index (χ1) is 14.0. The molecule has 1 N–H and O–H groups in total. The number of carbonyl (C=O) groups excluding carboxylic acids is 1.